The summed E-state index contributed by atoms with van der Waals surface area (Å²) in [5.74, 6) is 0.371. The largest absolute Gasteiger partial charge is 0.411 e. The summed E-state index contributed by atoms with van der Waals surface area (Å²) < 4.78 is 0. The van der Waals surface area contributed by atoms with Crippen LogP contribution in [0.4, 0.5) is 5.69 Å². The molecule has 0 saturated heterocycles. The minimum Gasteiger partial charge on any atom is -0.411 e. The normalized spacial score (nSPS) is 21.0. The summed E-state index contributed by atoms with van der Waals surface area (Å²) in [6.45, 7) is 0.707. The van der Waals surface area contributed by atoms with Gasteiger partial charge in [0.05, 0.1) is 5.71 Å². The molecule has 0 bridgehead atoms. The first-order chi connectivity index (χ1) is 10.8. The third-order valence-electron chi connectivity index (χ3n) is 4.61. The SMILES string of the molecule is O=C(c1ccccc1)N1CC2CC/C(=N\O)c3cccc1c32. The first-order valence-corrected chi connectivity index (χ1v) is 7.50. The van der Waals surface area contributed by atoms with E-state index < -0.39 is 0 Å². The topological polar surface area (TPSA) is 52.9 Å². The molecule has 0 radical (unpaired) electrons. The van der Waals surface area contributed by atoms with Gasteiger partial charge in [0.1, 0.15) is 0 Å². The first kappa shape index (κ1) is 13.1. The lowest BCUT2D eigenvalue weighted by Crippen LogP contribution is -2.29. The van der Waals surface area contributed by atoms with Crippen molar-refractivity contribution in [2.45, 2.75) is 18.8 Å². The third kappa shape index (κ3) is 1.84. The van der Waals surface area contributed by atoms with Gasteiger partial charge in [-0.05, 0) is 36.6 Å². The molecular weight excluding hydrogens is 276 g/mol. The van der Waals surface area contributed by atoms with Gasteiger partial charge in [0.15, 0.2) is 0 Å². The Balaban J connectivity index is 1.80. The van der Waals surface area contributed by atoms with Crippen molar-refractivity contribution in [1.82, 2.24) is 0 Å². The summed E-state index contributed by atoms with van der Waals surface area (Å²) in [5, 5.41) is 12.6. The number of nitrogens with zero attached hydrogens (tertiary/aromatic N) is 2. The van der Waals surface area contributed by atoms with E-state index in [0.717, 1.165) is 35.4 Å². The van der Waals surface area contributed by atoms with Crippen LogP contribution < -0.4 is 4.90 Å². The minimum absolute atomic E-state index is 0.0332. The summed E-state index contributed by atoms with van der Waals surface area (Å²) in [4.78, 5) is 14.7. The molecule has 0 aromatic heterocycles. The van der Waals surface area contributed by atoms with Crippen molar-refractivity contribution in [3.05, 3.63) is 65.2 Å². The Morgan fingerprint density at radius 1 is 1.14 bits per heavy atom. The Labute approximate surface area is 128 Å². The zero-order valence-corrected chi connectivity index (χ0v) is 12.1. The van der Waals surface area contributed by atoms with Crippen molar-refractivity contribution in [1.29, 1.82) is 0 Å². The first-order valence-electron chi connectivity index (χ1n) is 7.50. The lowest BCUT2D eigenvalue weighted by atomic mass is 9.83. The van der Waals surface area contributed by atoms with Crippen molar-refractivity contribution in [3.8, 4) is 0 Å². The number of hydrogen-bond acceptors (Lipinski definition) is 3. The predicted molar refractivity (Wildman–Crippen MR) is 84.9 cm³/mol. The quantitative estimate of drug-likeness (QED) is 0.647. The monoisotopic (exact) mass is 292 g/mol. The van der Waals surface area contributed by atoms with Gasteiger partial charge in [0.2, 0.25) is 0 Å². The van der Waals surface area contributed by atoms with E-state index in [9.17, 15) is 10.0 Å². The van der Waals surface area contributed by atoms with Gasteiger partial charge in [-0.1, -0.05) is 35.5 Å². The molecule has 1 aliphatic heterocycles. The van der Waals surface area contributed by atoms with Crippen LogP contribution in [0.1, 0.15) is 40.2 Å². The molecule has 1 unspecified atom stereocenters. The molecule has 1 heterocycles. The Kier molecular flexibility index (Phi) is 2.96. The predicted octanol–water partition coefficient (Wildman–Crippen LogP) is 3.40. The molecule has 1 atom stereocenters. The number of anilines is 1. The second-order valence-electron chi connectivity index (χ2n) is 5.80. The number of benzene rings is 2. The van der Waals surface area contributed by atoms with Gasteiger partial charge in [-0.2, -0.15) is 0 Å². The van der Waals surface area contributed by atoms with Crippen LogP contribution in [0, 0.1) is 0 Å². The molecule has 0 saturated carbocycles. The average Bonchev–Trinajstić information content (AvgIpc) is 2.96. The Hall–Kier alpha value is -2.62. The van der Waals surface area contributed by atoms with Gasteiger partial charge in [-0.15, -0.1) is 0 Å². The number of hydrogen-bond donors (Lipinski definition) is 1. The number of amides is 1. The fourth-order valence-corrected chi connectivity index (χ4v) is 3.59. The molecule has 0 fully saturated rings. The molecule has 2 aliphatic rings. The van der Waals surface area contributed by atoms with Crippen molar-refractivity contribution in [2.75, 3.05) is 11.4 Å². The van der Waals surface area contributed by atoms with Crippen LogP contribution >= 0.6 is 0 Å². The smallest absolute Gasteiger partial charge is 0.258 e. The molecule has 22 heavy (non-hydrogen) atoms. The van der Waals surface area contributed by atoms with Crippen molar-refractivity contribution < 1.29 is 10.0 Å². The van der Waals surface area contributed by atoms with Gasteiger partial charge in [0, 0.05) is 29.3 Å². The van der Waals surface area contributed by atoms with E-state index >= 15 is 0 Å². The maximum absolute atomic E-state index is 12.8. The Morgan fingerprint density at radius 2 is 1.95 bits per heavy atom. The van der Waals surface area contributed by atoms with Crippen molar-refractivity contribution in [2.24, 2.45) is 5.16 Å². The molecule has 4 heteroatoms. The molecule has 2 aromatic carbocycles. The zero-order chi connectivity index (χ0) is 15.1. The van der Waals surface area contributed by atoms with E-state index in [1.807, 2.05) is 53.4 Å². The van der Waals surface area contributed by atoms with E-state index in [4.69, 9.17) is 0 Å². The standard InChI is InChI=1S/C18H16N2O2/c21-18(12-5-2-1-3-6-12)20-11-13-9-10-15(19-22)14-7-4-8-16(20)17(13)14/h1-8,13,22H,9-11H2/b19-15+. The number of carbonyl (C=O) groups excluding carboxylic acids is 1. The van der Waals surface area contributed by atoms with Crippen molar-refractivity contribution in [3.63, 3.8) is 0 Å². The molecule has 4 rings (SSSR count). The zero-order valence-electron chi connectivity index (χ0n) is 12.1. The van der Waals surface area contributed by atoms with Gasteiger partial charge >= 0.3 is 0 Å². The van der Waals surface area contributed by atoms with Gasteiger partial charge in [0.25, 0.3) is 5.91 Å². The Morgan fingerprint density at radius 3 is 2.73 bits per heavy atom. The van der Waals surface area contributed by atoms with Crippen LogP contribution in [0.15, 0.2) is 53.7 Å². The maximum Gasteiger partial charge on any atom is 0.258 e. The van der Waals surface area contributed by atoms with Crippen LogP contribution in [0.3, 0.4) is 0 Å². The molecule has 110 valence electrons. The Bertz CT molecular complexity index is 768. The molecule has 2 aromatic rings. The highest BCUT2D eigenvalue weighted by Gasteiger charge is 2.37. The number of carbonyl (C=O) groups is 1. The summed E-state index contributed by atoms with van der Waals surface area (Å²) in [7, 11) is 0. The highest BCUT2D eigenvalue weighted by atomic mass is 16.4. The van der Waals surface area contributed by atoms with Crippen LogP contribution in [0.2, 0.25) is 0 Å². The maximum atomic E-state index is 12.8. The van der Waals surface area contributed by atoms with Crippen LogP contribution in [-0.4, -0.2) is 23.4 Å². The molecule has 4 nitrogen and oxygen atoms in total. The molecule has 0 spiro atoms. The second-order valence-corrected chi connectivity index (χ2v) is 5.80. The lowest BCUT2D eigenvalue weighted by molar-refractivity contribution is 0.0988. The second kappa shape index (κ2) is 4.98. The van der Waals surface area contributed by atoms with Gasteiger partial charge in [-0.3, -0.25) is 4.79 Å². The molecular formula is C18H16N2O2. The molecule has 1 N–H and O–H groups in total. The summed E-state index contributed by atoms with van der Waals surface area (Å²) in [6, 6.07) is 15.3. The van der Waals surface area contributed by atoms with E-state index in [-0.39, 0.29) is 5.91 Å². The molecule has 1 amide bonds. The van der Waals surface area contributed by atoms with Gasteiger partial charge < -0.3 is 10.1 Å². The highest BCUT2D eigenvalue weighted by Crippen LogP contribution is 2.44. The molecule has 1 aliphatic carbocycles. The summed E-state index contributed by atoms with van der Waals surface area (Å²) in [6.07, 6.45) is 1.67. The number of rotatable bonds is 1. The summed E-state index contributed by atoms with van der Waals surface area (Å²) >= 11 is 0. The lowest BCUT2D eigenvalue weighted by Gasteiger charge is -2.20. The van der Waals surface area contributed by atoms with Gasteiger partial charge in [-0.25, -0.2) is 0 Å². The van der Waals surface area contributed by atoms with Crippen LogP contribution in [-0.2, 0) is 0 Å². The highest BCUT2D eigenvalue weighted by molar-refractivity contribution is 6.10. The van der Waals surface area contributed by atoms with E-state index in [1.54, 1.807) is 0 Å². The minimum atomic E-state index is 0.0332. The summed E-state index contributed by atoms with van der Waals surface area (Å²) in [5.41, 5.74) is 4.53. The fourth-order valence-electron chi connectivity index (χ4n) is 3.59. The van der Waals surface area contributed by atoms with Crippen LogP contribution in [0.5, 0.6) is 0 Å². The fraction of sp³-hybridized carbons (Fsp3) is 0.222. The van der Waals surface area contributed by atoms with E-state index in [2.05, 4.69) is 5.16 Å². The van der Waals surface area contributed by atoms with Crippen LogP contribution in [0.25, 0.3) is 0 Å². The van der Waals surface area contributed by atoms with E-state index in [1.165, 1.54) is 0 Å². The van der Waals surface area contributed by atoms with E-state index in [0.29, 0.717) is 18.0 Å². The van der Waals surface area contributed by atoms with Crippen molar-refractivity contribution >= 4 is 17.3 Å². The average molecular weight is 292 g/mol. The number of oxime groups is 1. The third-order valence-corrected chi connectivity index (χ3v) is 4.61.